The molecule has 21 heavy (non-hydrogen) atoms. The average Bonchev–Trinajstić information content (AvgIpc) is 2.92. The Morgan fingerprint density at radius 2 is 2.00 bits per heavy atom. The molecule has 3 heteroatoms. The van der Waals surface area contributed by atoms with Crippen molar-refractivity contribution < 1.29 is 4.74 Å². The van der Waals surface area contributed by atoms with Crippen molar-refractivity contribution in [1.29, 1.82) is 0 Å². The van der Waals surface area contributed by atoms with Crippen molar-refractivity contribution in [2.75, 3.05) is 6.61 Å². The topological polar surface area (TPSA) is 35.2 Å². The smallest absolute Gasteiger partial charge is 0.0835 e. The number of fused-ring (bicyclic) bond motifs is 1. The maximum absolute atomic E-state index is 6.63. The molecule has 0 aliphatic heterocycles. The molecule has 2 nitrogen and oxygen atoms in total. The number of benzene rings is 1. The largest absolute Gasteiger partial charge is 0.374 e. The third kappa shape index (κ3) is 3.01. The fourth-order valence-electron chi connectivity index (χ4n) is 3.67. The Morgan fingerprint density at radius 1 is 1.24 bits per heavy atom. The van der Waals surface area contributed by atoms with E-state index in [0.717, 1.165) is 25.9 Å². The lowest BCUT2D eigenvalue weighted by molar-refractivity contribution is -0.0817. The Kier molecular flexibility index (Phi) is 4.63. The van der Waals surface area contributed by atoms with Crippen molar-refractivity contribution in [3.63, 3.8) is 0 Å². The average molecular weight is 303 g/mol. The zero-order valence-corrected chi connectivity index (χ0v) is 13.6. The van der Waals surface area contributed by atoms with E-state index in [1.807, 2.05) is 11.3 Å². The van der Waals surface area contributed by atoms with Gasteiger partial charge in [0.1, 0.15) is 0 Å². The van der Waals surface area contributed by atoms with E-state index in [2.05, 4.69) is 36.6 Å². The summed E-state index contributed by atoms with van der Waals surface area (Å²) < 4.78 is 7.53. The summed E-state index contributed by atoms with van der Waals surface area (Å²) >= 11 is 1.82. The normalized spacial score (nSPS) is 19.7. The minimum atomic E-state index is -0.101. The molecular weight excluding hydrogens is 278 g/mol. The summed E-state index contributed by atoms with van der Waals surface area (Å²) in [5, 5.41) is 3.63. The Labute approximate surface area is 131 Å². The van der Waals surface area contributed by atoms with Crippen LogP contribution in [0.25, 0.3) is 10.1 Å². The third-order valence-corrected chi connectivity index (χ3v) is 5.82. The molecule has 1 aliphatic rings. The molecule has 1 unspecified atom stereocenters. The monoisotopic (exact) mass is 303 g/mol. The minimum absolute atomic E-state index is 0.0933. The van der Waals surface area contributed by atoms with Crippen molar-refractivity contribution in [2.45, 2.75) is 57.1 Å². The van der Waals surface area contributed by atoms with Gasteiger partial charge >= 0.3 is 0 Å². The van der Waals surface area contributed by atoms with Crippen molar-refractivity contribution >= 4 is 21.4 Å². The highest BCUT2D eigenvalue weighted by Gasteiger charge is 2.38. The zero-order chi connectivity index (χ0) is 14.7. The van der Waals surface area contributed by atoms with E-state index < -0.39 is 0 Å². The van der Waals surface area contributed by atoms with E-state index in [1.54, 1.807) is 0 Å². The number of nitrogens with two attached hydrogens (primary N) is 1. The lowest BCUT2D eigenvalue weighted by atomic mass is 9.77. The lowest BCUT2D eigenvalue weighted by Crippen LogP contribution is -2.52. The minimum Gasteiger partial charge on any atom is -0.374 e. The molecule has 0 bridgehead atoms. The lowest BCUT2D eigenvalue weighted by Gasteiger charge is -2.41. The maximum Gasteiger partial charge on any atom is 0.0835 e. The molecule has 0 saturated heterocycles. The van der Waals surface area contributed by atoms with Crippen molar-refractivity contribution in [3.8, 4) is 0 Å². The second-order valence-corrected chi connectivity index (χ2v) is 7.04. The molecule has 1 heterocycles. The second kappa shape index (κ2) is 6.47. The first-order chi connectivity index (χ1) is 10.2. The van der Waals surface area contributed by atoms with Crippen LogP contribution in [0.5, 0.6) is 0 Å². The summed E-state index contributed by atoms with van der Waals surface area (Å²) in [5.74, 6) is 0. The van der Waals surface area contributed by atoms with Crippen LogP contribution in [0.2, 0.25) is 0 Å². The van der Waals surface area contributed by atoms with Crippen LogP contribution in [0.4, 0.5) is 0 Å². The van der Waals surface area contributed by atoms with Crippen LogP contribution < -0.4 is 5.73 Å². The van der Waals surface area contributed by atoms with Gasteiger partial charge in [-0.2, -0.15) is 0 Å². The van der Waals surface area contributed by atoms with Gasteiger partial charge in [-0.3, -0.25) is 0 Å². The summed E-state index contributed by atoms with van der Waals surface area (Å²) in [5.41, 5.74) is 7.91. The van der Waals surface area contributed by atoms with Gasteiger partial charge in [-0.1, -0.05) is 37.5 Å². The number of rotatable bonds is 5. The fourth-order valence-corrected chi connectivity index (χ4v) is 4.65. The Morgan fingerprint density at radius 3 is 2.76 bits per heavy atom. The first-order valence-corrected chi connectivity index (χ1v) is 8.98. The van der Waals surface area contributed by atoms with E-state index >= 15 is 0 Å². The van der Waals surface area contributed by atoms with Crippen molar-refractivity contribution in [1.82, 2.24) is 0 Å². The Bertz CT molecular complexity index is 580. The van der Waals surface area contributed by atoms with Crippen molar-refractivity contribution in [3.05, 3.63) is 35.2 Å². The fraction of sp³-hybridized carbons (Fsp3) is 0.556. The molecular formula is C18H25NOS. The third-order valence-electron chi connectivity index (χ3n) is 4.81. The maximum atomic E-state index is 6.63. The molecule has 1 fully saturated rings. The van der Waals surface area contributed by atoms with Crippen LogP contribution in [-0.4, -0.2) is 18.2 Å². The summed E-state index contributed by atoms with van der Waals surface area (Å²) in [6, 6.07) is 8.71. The summed E-state index contributed by atoms with van der Waals surface area (Å²) in [7, 11) is 0. The summed E-state index contributed by atoms with van der Waals surface area (Å²) in [6.45, 7) is 2.85. The molecule has 0 amide bonds. The molecule has 3 rings (SSSR count). The van der Waals surface area contributed by atoms with E-state index in [1.165, 1.54) is 34.9 Å². The predicted molar refractivity (Wildman–Crippen MR) is 90.9 cm³/mol. The quantitative estimate of drug-likeness (QED) is 0.882. The van der Waals surface area contributed by atoms with Crippen LogP contribution in [-0.2, 0) is 11.2 Å². The van der Waals surface area contributed by atoms with E-state index in [0.29, 0.717) is 0 Å². The van der Waals surface area contributed by atoms with Gasteiger partial charge in [-0.25, -0.2) is 0 Å². The van der Waals surface area contributed by atoms with Crippen molar-refractivity contribution in [2.24, 2.45) is 5.73 Å². The number of hydrogen-bond acceptors (Lipinski definition) is 3. The molecule has 1 atom stereocenters. The van der Waals surface area contributed by atoms with Crippen LogP contribution in [0.1, 0.15) is 44.6 Å². The number of hydrogen-bond donors (Lipinski definition) is 1. The molecule has 1 aromatic carbocycles. The highest BCUT2D eigenvalue weighted by atomic mass is 32.1. The number of thiophene rings is 1. The summed E-state index contributed by atoms with van der Waals surface area (Å²) in [6.07, 6.45) is 6.97. The molecule has 1 aromatic heterocycles. The van der Waals surface area contributed by atoms with Gasteiger partial charge in [0.2, 0.25) is 0 Å². The Balaban J connectivity index is 1.82. The highest BCUT2D eigenvalue weighted by Crippen LogP contribution is 2.36. The molecule has 2 N–H and O–H groups in total. The molecule has 1 saturated carbocycles. The SMILES string of the molecule is CCOC1(C(N)Cc2csc3ccccc23)CCCCC1. The van der Waals surface area contributed by atoms with Gasteiger partial charge in [0.15, 0.2) is 0 Å². The van der Waals surface area contributed by atoms with E-state index in [9.17, 15) is 0 Å². The molecule has 0 spiro atoms. The first kappa shape index (κ1) is 15.0. The van der Waals surface area contributed by atoms with Gasteiger partial charge in [0.05, 0.1) is 5.60 Å². The van der Waals surface area contributed by atoms with Gasteiger partial charge in [-0.15, -0.1) is 11.3 Å². The van der Waals surface area contributed by atoms with E-state index in [4.69, 9.17) is 10.5 Å². The van der Waals surface area contributed by atoms with E-state index in [-0.39, 0.29) is 11.6 Å². The molecule has 114 valence electrons. The van der Waals surface area contributed by atoms with Gasteiger partial charge in [-0.05, 0) is 48.6 Å². The van der Waals surface area contributed by atoms with Gasteiger partial charge in [0.25, 0.3) is 0 Å². The van der Waals surface area contributed by atoms with Crippen LogP contribution in [0, 0.1) is 0 Å². The summed E-state index contributed by atoms with van der Waals surface area (Å²) in [4.78, 5) is 0. The molecule has 1 aliphatic carbocycles. The second-order valence-electron chi connectivity index (χ2n) is 6.13. The van der Waals surface area contributed by atoms with Gasteiger partial charge < -0.3 is 10.5 Å². The standard InChI is InChI=1S/C18H25NOS/c1-2-20-18(10-6-3-7-11-18)17(19)12-14-13-21-16-9-5-4-8-15(14)16/h4-5,8-9,13,17H,2-3,6-7,10-12,19H2,1H3. The Hall–Kier alpha value is -0.900. The molecule has 0 radical (unpaired) electrons. The zero-order valence-electron chi connectivity index (χ0n) is 12.8. The van der Waals surface area contributed by atoms with Crippen LogP contribution >= 0.6 is 11.3 Å². The predicted octanol–water partition coefficient (Wildman–Crippen LogP) is 4.51. The van der Waals surface area contributed by atoms with Crippen LogP contribution in [0.3, 0.4) is 0 Å². The number of ether oxygens (including phenoxy) is 1. The molecule has 2 aromatic rings. The van der Waals surface area contributed by atoms with Crippen LogP contribution in [0.15, 0.2) is 29.6 Å². The van der Waals surface area contributed by atoms with Gasteiger partial charge in [0, 0.05) is 17.3 Å². The first-order valence-electron chi connectivity index (χ1n) is 8.10. The highest BCUT2D eigenvalue weighted by molar-refractivity contribution is 7.17.